The lowest BCUT2D eigenvalue weighted by Gasteiger charge is -2.00. The SMILES string of the molecule is O=Cc1c(-c2ccccc2)nn(-c2ccccn2)c1Cl. The summed E-state index contributed by atoms with van der Waals surface area (Å²) in [5, 5.41) is 4.67. The number of rotatable bonds is 3. The van der Waals surface area contributed by atoms with Crippen LogP contribution in [0, 0.1) is 0 Å². The molecule has 5 heteroatoms. The molecule has 0 saturated heterocycles. The van der Waals surface area contributed by atoms with E-state index in [0.29, 0.717) is 17.1 Å². The van der Waals surface area contributed by atoms with E-state index >= 15 is 0 Å². The van der Waals surface area contributed by atoms with Gasteiger partial charge in [-0.25, -0.2) is 9.67 Å². The van der Waals surface area contributed by atoms with Gasteiger partial charge in [0.05, 0.1) is 5.56 Å². The number of hydrogen-bond donors (Lipinski definition) is 0. The van der Waals surface area contributed by atoms with Gasteiger partial charge < -0.3 is 0 Å². The molecule has 0 N–H and O–H groups in total. The van der Waals surface area contributed by atoms with Crippen LogP contribution >= 0.6 is 11.6 Å². The minimum absolute atomic E-state index is 0.262. The molecule has 0 radical (unpaired) electrons. The van der Waals surface area contributed by atoms with Gasteiger partial charge >= 0.3 is 0 Å². The van der Waals surface area contributed by atoms with Gasteiger partial charge in [0.1, 0.15) is 10.8 Å². The van der Waals surface area contributed by atoms with Crippen LogP contribution < -0.4 is 0 Å². The molecule has 2 aromatic heterocycles. The number of carbonyl (C=O) groups excluding carboxylic acids is 1. The van der Waals surface area contributed by atoms with Crippen molar-refractivity contribution in [3.05, 3.63) is 65.4 Å². The van der Waals surface area contributed by atoms with Crippen molar-refractivity contribution in [1.82, 2.24) is 14.8 Å². The van der Waals surface area contributed by atoms with Crippen molar-refractivity contribution in [2.45, 2.75) is 0 Å². The molecule has 0 amide bonds. The topological polar surface area (TPSA) is 47.8 Å². The smallest absolute Gasteiger partial charge is 0.155 e. The molecule has 0 aliphatic heterocycles. The van der Waals surface area contributed by atoms with Gasteiger partial charge in [-0.05, 0) is 12.1 Å². The summed E-state index contributed by atoms with van der Waals surface area (Å²) in [5.41, 5.74) is 1.76. The standard InChI is InChI=1S/C15H10ClN3O/c16-15-12(10-20)14(11-6-2-1-3-7-11)18-19(15)13-8-4-5-9-17-13/h1-10H. The number of aldehydes is 1. The highest BCUT2D eigenvalue weighted by atomic mass is 35.5. The highest BCUT2D eigenvalue weighted by Gasteiger charge is 2.18. The molecule has 0 unspecified atom stereocenters. The molecule has 0 bridgehead atoms. The Hall–Kier alpha value is -2.46. The van der Waals surface area contributed by atoms with E-state index in [1.165, 1.54) is 4.68 Å². The molecule has 1 aromatic carbocycles. The average Bonchev–Trinajstić information content (AvgIpc) is 2.86. The number of halogens is 1. The Labute approximate surface area is 120 Å². The van der Waals surface area contributed by atoms with Crippen LogP contribution in [0.2, 0.25) is 5.15 Å². The van der Waals surface area contributed by atoms with Gasteiger partial charge in [0.25, 0.3) is 0 Å². The third kappa shape index (κ3) is 2.10. The second-order valence-electron chi connectivity index (χ2n) is 4.14. The summed E-state index contributed by atoms with van der Waals surface area (Å²) in [6.07, 6.45) is 2.37. The lowest BCUT2D eigenvalue weighted by molar-refractivity contribution is 0.112. The Balaban J connectivity index is 2.21. The van der Waals surface area contributed by atoms with Crippen molar-refractivity contribution in [3.8, 4) is 17.1 Å². The van der Waals surface area contributed by atoms with E-state index in [-0.39, 0.29) is 5.15 Å². The molecule has 0 atom stereocenters. The van der Waals surface area contributed by atoms with Gasteiger partial charge in [-0.1, -0.05) is 48.0 Å². The van der Waals surface area contributed by atoms with Crippen molar-refractivity contribution in [3.63, 3.8) is 0 Å². The second kappa shape index (κ2) is 5.27. The van der Waals surface area contributed by atoms with Crippen LogP contribution in [0.1, 0.15) is 10.4 Å². The van der Waals surface area contributed by atoms with E-state index in [4.69, 9.17) is 11.6 Å². The lowest BCUT2D eigenvalue weighted by Crippen LogP contribution is -1.99. The Morgan fingerprint density at radius 1 is 1.05 bits per heavy atom. The molecule has 0 aliphatic rings. The summed E-state index contributed by atoms with van der Waals surface area (Å²) in [7, 11) is 0. The molecule has 2 heterocycles. The number of aromatic nitrogens is 3. The fraction of sp³-hybridized carbons (Fsp3) is 0. The van der Waals surface area contributed by atoms with Gasteiger partial charge in [-0.3, -0.25) is 4.79 Å². The van der Waals surface area contributed by atoms with Gasteiger partial charge in [0, 0.05) is 11.8 Å². The van der Waals surface area contributed by atoms with Crippen LogP contribution in [0.25, 0.3) is 17.1 Å². The van der Waals surface area contributed by atoms with E-state index in [0.717, 1.165) is 11.8 Å². The second-order valence-corrected chi connectivity index (χ2v) is 4.49. The zero-order chi connectivity index (χ0) is 13.9. The molecular formula is C15H10ClN3O. The van der Waals surface area contributed by atoms with Crippen LogP contribution in [0.15, 0.2) is 54.7 Å². The molecular weight excluding hydrogens is 274 g/mol. The Morgan fingerprint density at radius 3 is 2.45 bits per heavy atom. The van der Waals surface area contributed by atoms with Gasteiger partial charge in [-0.2, -0.15) is 5.10 Å². The summed E-state index contributed by atoms with van der Waals surface area (Å²) in [6.45, 7) is 0. The Kier molecular flexibility index (Phi) is 3.31. The summed E-state index contributed by atoms with van der Waals surface area (Å²) in [5.74, 6) is 0.572. The summed E-state index contributed by atoms with van der Waals surface area (Å²) in [4.78, 5) is 15.5. The first-order valence-electron chi connectivity index (χ1n) is 6.02. The zero-order valence-corrected chi connectivity index (χ0v) is 11.2. The first kappa shape index (κ1) is 12.6. The van der Waals surface area contributed by atoms with Crippen LogP contribution in [-0.4, -0.2) is 21.1 Å². The lowest BCUT2D eigenvalue weighted by atomic mass is 10.1. The molecule has 0 fully saturated rings. The fourth-order valence-electron chi connectivity index (χ4n) is 1.95. The highest BCUT2D eigenvalue weighted by Crippen LogP contribution is 2.28. The monoisotopic (exact) mass is 283 g/mol. The number of nitrogens with zero attached hydrogens (tertiary/aromatic N) is 3. The Bertz CT molecular complexity index is 739. The highest BCUT2D eigenvalue weighted by molar-refractivity contribution is 6.32. The molecule has 4 nitrogen and oxygen atoms in total. The maximum absolute atomic E-state index is 11.3. The minimum Gasteiger partial charge on any atom is -0.298 e. The zero-order valence-electron chi connectivity index (χ0n) is 10.4. The number of hydrogen-bond acceptors (Lipinski definition) is 3. The van der Waals surface area contributed by atoms with Gasteiger partial charge in [-0.15, -0.1) is 0 Å². The largest absolute Gasteiger partial charge is 0.298 e. The molecule has 3 aromatic rings. The number of benzene rings is 1. The van der Waals surface area contributed by atoms with Crippen LogP contribution in [0.3, 0.4) is 0 Å². The molecule has 0 aliphatic carbocycles. The van der Waals surface area contributed by atoms with Crippen molar-refractivity contribution < 1.29 is 4.79 Å². The quantitative estimate of drug-likeness (QED) is 0.692. The number of carbonyl (C=O) groups is 1. The Morgan fingerprint density at radius 2 is 1.80 bits per heavy atom. The van der Waals surface area contributed by atoms with E-state index in [9.17, 15) is 4.79 Å². The summed E-state index contributed by atoms with van der Waals surface area (Å²) < 4.78 is 1.47. The fourth-order valence-corrected chi connectivity index (χ4v) is 2.21. The van der Waals surface area contributed by atoms with Crippen molar-refractivity contribution in [1.29, 1.82) is 0 Å². The van der Waals surface area contributed by atoms with Crippen LogP contribution in [-0.2, 0) is 0 Å². The van der Waals surface area contributed by atoms with E-state index in [1.54, 1.807) is 18.3 Å². The maximum Gasteiger partial charge on any atom is 0.155 e. The predicted molar refractivity (Wildman–Crippen MR) is 77.2 cm³/mol. The first-order chi connectivity index (χ1) is 9.81. The van der Waals surface area contributed by atoms with Gasteiger partial charge in [0.2, 0.25) is 0 Å². The van der Waals surface area contributed by atoms with Crippen molar-refractivity contribution >= 4 is 17.9 Å². The predicted octanol–water partition coefficient (Wildman–Crippen LogP) is 3.40. The maximum atomic E-state index is 11.3. The van der Waals surface area contributed by atoms with Crippen LogP contribution in [0.4, 0.5) is 0 Å². The van der Waals surface area contributed by atoms with Crippen molar-refractivity contribution in [2.75, 3.05) is 0 Å². The molecule has 98 valence electrons. The molecule has 0 saturated carbocycles. The normalized spacial score (nSPS) is 10.4. The van der Waals surface area contributed by atoms with E-state index in [2.05, 4.69) is 10.1 Å². The molecule has 3 rings (SSSR count). The summed E-state index contributed by atoms with van der Waals surface area (Å²) >= 11 is 6.24. The third-order valence-electron chi connectivity index (χ3n) is 2.89. The van der Waals surface area contributed by atoms with Crippen LogP contribution in [0.5, 0.6) is 0 Å². The summed E-state index contributed by atoms with van der Waals surface area (Å²) in [6, 6.07) is 14.9. The molecule has 20 heavy (non-hydrogen) atoms. The van der Waals surface area contributed by atoms with Crippen molar-refractivity contribution in [2.24, 2.45) is 0 Å². The number of pyridine rings is 1. The van der Waals surface area contributed by atoms with E-state index in [1.807, 2.05) is 36.4 Å². The molecule has 0 spiro atoms. The van der Waals surface area contributed by atoms with Gasteiger partial charge in [0.15, 0.2) is 12.1 Å². The average molecular weight is 284 g/mol. The minimum atomic E-state index is 0.262. The van der Waals surface area contributed by atoms with E-state index < -0.39 is 0 Å². The first-order valence-corrected chi connectivity index (χ1v) is 6.39. The third-order valence-corrected chi connectivity index (χ3v) is 3.26.